The molecule has 0 rings (SSSR count). The molecule has 15 heavy (non-hydrogen) atoms. The number of hydrogen-bond donors (Lipinski definition) is 4. The zero-order valence-electron chi connectivity index (χ0n) is 10.7. The van der Waals surface area contributed by atoms with E-state index in [0.29, 0.717) is 0 Å². The second-order valence-corrected chi connectivity index (χ2v) is 9.98. The molecule has 4 nitrogen and oxygen atoms in total. The molecule has 0 saturated heterocycles. The Hall–Kier alpha value is 0.274. The van der Waals surface area contributed by atoms with Crippen LogP contribution in [0, 0.1) is 0 Å². The summed E-state index contributed by atoms with van der Waals surface area (Å²) in [7, 11) is -0.769. The second kappa shape index (κ2) is 6.77. The van der Waals surface area contributed by atoms with Gasteiger partial charge in [0.25, 0.3) is 0 Å². The molecule has 2 unspecified atom stereocenters. The Morgan fingerprint density at radius 3 is 1.53 bits per heavy atom. The van der Waals surface area contributed by atoms with Gasteiger partial charge >= 0.3 is 0 Å². The fourth-order valence-corrected chi connectivity index (χ4v) is 3.63. The fraction of sp³-hybridized carbons (Fsp3) is 1.00. The summed E-state index contributed by atoms with van der Waals surface area (Å²) in [6, 6.07) is 0. The molecule has 0 aliphatic heterocycles. The standard InChI is InChI=1S/C9H28N4Si2/c1-5-8(3,10)14-12-7-13-15-9(4,11)6-2/h12-13H,5-7,10-11,14-15H2,1-4H3. The van der Waals surface area contributed by atoms with Crippen LogP contribution in [0.5, 0.6) is 0 Å². The van der Waals surface area contributed by atoms with Crippen molar-refractivity contribution in [1.29, 1.82) is 0 Å². The van der Waals surface area contributed by atoms with Gasteiger partial charge in [-0.05, 0) is 26.7 Å². The Morgan fingerprint density at radius 1 is 0.933 bits per heavy atom. The van der Waals surface area contributed by atoms with Crippen molar-refractivity contribution in [3.8, 4) is 0 Å². The third-order valence-electron chi connectivity index (χ3n) is 2.92. The molecule has 0 aromatic heterocycles. The lowest BCUT2D eigenvalue weighted by Crippen LogP contribution is -2.54. The summed E-state index contributed by atoms with van der Waals surface area (Å²) < 4.78 is 0. The maximum Gasteiger partial charge on any atom is 0.113 e. The van der Waals surface area contributed by atoms with Gasteiger partial charge in [-0.3, -0.25) is 0 Å². The van der Waals surface area contributed by atoms with Gasteiger partial charge in [0.15, 0.2) is 0 Å². The van der Waals surface area contributed by atoms with Crippen molar-refractivity contribution in [2.45, 2.75) is 50.9 Å². The van der Waals surface area contributed by atoms with E-state index in [1.807, 2.05) is 0 Å². The highest BCUT2D eigenvalue weighted by atomic mass is 28.2. The molecule has 0 aliphatic carbocycles. The minimum atomic E-state index is -0.384. The molecule has 92 valence electrons. The van der Waals surface area contributed by atoms with E-state index in [2.05, 4.69) is 37.7 Å². The van der Waals surface area contributed by atoms with E-state index in [0.717, 1.165) is 19.5 Å². The van der Waals surface area contributed by atoms with Crippen molar-refractivity contribution < 1.29 is 0 Å². The van der Waals surface area contributed by atoms with Gasteiger partial charge in [-0.1, -0.05) is 13.8 Å². The molecule has 6 heteroatoms. The second-order valence-electron chi connectivity index (χ2n) is 5.05. The number of rotatable bonds is 8. The van der Waals surface area contributed by atoms with E-state index in [-0.39, 0.29) is 29.7 Å². The van der Waals surface area contributed by atoms with Crippen molar-refractivity contribution in [2.75, 3.05) is 6.67 Å². The first-order valence-corrected chi connectivity index (χ1v) is 8.65. The van der Waals surface area contributed by atoms with Crippen molar-refractivity contribution in [1.82, 2.24) is 9.96 Å². The van der Waals surface area contributed by atoms with Crippen LogP contribution in [0.2, 0.25) is 0 Å². The minimum absolute atomic E-state index is 0.0417. The largest absolute Gasteiger partial charge is 0.329 e. The Morgan fingerprint density at radius 2 is 1.27 bits per heavy atom. The topological polar surface area (TPSA) is 76.1 Å². The highest BCUT2D eigenvalue weighted by Crippen LogP contribution is 2.00. The van der Waals surface area contributed by atoms with E-state index in [1.165, 1.54) is 0 Å². The van der Waals surface area contributed by atoms with Crippen LogP contribution in [0.3, 0.4) is 0 Å². The molecule has 0 spiro atoms. The van der Waals surface area contributed by atoms with E-state index >= 15 is 0 Å². The van der Waals surface area contributed by atoms with Crippen LogP contribution in [0.4, 0.5) is 0 Å². The Kier molecular flexibility index (Phi) is 6.89. The zero-order valence-corrected chi connectivity index (χ0v) is 13.5. The summed E-state index contributed by atoms with van der Waals surface area (Å²) in [4.78, 5) is 6.91. The summed E-state index contributed by atoms with van der Waals surface area (Å²) in [5, 5.41) is 0.0834. The quantitative estimate of drug-likeness (QED) is 0.239. The molecular weight excluding hydrogens is 220 g/mol. The normalized spacial score (nSPS) is 21.2. The molecule has 0 aromatic rings. The van der Waals surface area contributed by atoms with Crippen molar-refractivity contribution >= 4 is 19.4 Å². The molecule has 0 aromatic carbocycles. The van der Waals surface area contributed by atoms with Gasteiger partial charge in [-0.15, -0.1) is 0 Å². The van der Waals surface area contributed by atoms with Gasteiger partial charge in [0.1, 0.15) is 19.4 Å². The predicted molar refractivity (Wildman–Crippen MR) is 74.0 cm³/mol. The number of hydrogen-bond acceptors (Lipinski definition) is 4. The summed E-state index contributed by atoms with van der Waals surface area (Å²) in [6.07, 6.45) is 2.10. The van der Waals surface area contributed by atoms with Gasteiger partial charge in [0, 0.05) is 17.0 Å². The molecule has 0 heterocycles. The average molecular weight is 249 g/mol. The average Bonchev–Trinajstić information content (AvgIpc) is 2.17. The highest BCUT2D eigenvalue weighted by Gasteiger charge is 2.17. The number of nitrogens with one attached hydrogen (secondary N) is 2. The Bertz CT molecular complexity index is 155. The summed E-state index contributed by atoms with van der Waals surface area (Å²) in [5.74, 6) is 0. The summed E-state index contributed by atoms with van der Waals surface area (Å²) in [5.41, 5.74) is 12.1. The first-order valence-electron chi connectivity index (χ1n) is 5.82. The minimum Gasteiger partial charge on any atom is -0.329 e. The molecular formula is C9H28N4Si2. The van der Waals surface area contributed by atoms with Gasteiger partial charge in [-0.2, -0.15) is 0 Å². The maximum atomic E-state index is 6.07. The van der Waals surface area contributed by atoms with Crippen LogP contribution in [-0.4, -0.2) is 36.4 Å². The van der Waals surface area contributed by atoms with Crippen molar-refractivity contribution in [2.24, 2.45) is 11.5 Å². The lowest BCUT2D eigenvalue weighted by atomic mass is 10.3. The fourth-order valence-electron chi connectivity index (χ4n) is 1.03. The van der Waals surface area contributed by atoms with Crippen LogP contribution < -0.4 is 21.4 Å². The van der Waals surface area contributed by atoms with E-state index in [4.69, 9.17) is 11.5 Å². The van der Waals surface area contributed by atoms with Crippen LogP contribution in [0.25, 0.3) is 0 Å². The summed E-state index contributed by atoms with van der Waals surface area (Å²) in [6.45, 7) is 9.43. The van der Waals surface area contributed by atoms with E-state index in [1.54, 1.807) is 0 Å². The smallest absolute Gasteiger partial charge is 0.113 e. The Labute approximate surface area is 98.7 Å². The number of nitrogens with two attached hydrogens (primary N) is 2. The van der Waals surface area contributed by atoms with Crippen LogP contribution in [-0.2, 0) is 0 Å². The molecule has 6 N–H and O–H groups in total. The van der Waals surface area contributed by atoms with Crippen LogP contribution in [0.1, 0.15) is 40.5 Å². The van der Waals surface area contributed by atoms with Gasteiger partial charge in [-0.25, -0.2) is 0 Å². The first kappa shape index (κ1) is 15.3. The SMILES string of the molecule is CCC(C)(N)[SiH2]NCN[SiH2]C(C)(N)CC. The van der Waals surface area contributed by atoms with Gasteiger partial charge in [0.2, 0.25) is 0 Å². The molecule has 0 aliphatic rings. The lowest BCUT2D eigenvalue weighted by molar-refractivity contribution is 0.601. The van der Waals surface area contributed by atoms with Gasteiger partial charge in [0.05, 0.1) is 0 Å². The monoisotopic (exact) mass is 248 g/mol. The maximum absolute atomic E-state index is 6.07. The van der Waals surface area contributed by atoms with E-state index in [9.17, 15) is 0 Å². The molecule has 0 amide bonds. The van der Waals surface area contributed by atoms with Crippen molar-refractivity contribution in [3.05, 3.63) is 0 Å². The van der Waals surface area contributed by atoms with Crippen molar-refractivity contribution in [3.63, 3.8) is 0 Å². The summed E-state index contributed by atoms with van der Waals surface area (Å²) >= 11 is 0. The van der Waals surface area contributed by atoms with Crippen LogP contribution in [0.15, 0.2) is 0 Å². The third kappa shape index (κ3) is 8.12. The Balaban J connectivity index is 3.48. The van der Waals surface area contributed by atoms with Crippen LogP contribution >= 0.6 is 0 Å². The molecule has 0 radical (unpaired) electrons. The third-order valence-corrected chi connectivity index (χ3v) is 6.54. The molecule has 0 saturated carbocycles. The zero-order chi connectivity index (χ0) is 11.9. The lowest BCUT2D eigenvalue weighted by Gasteiger charge is -2.25. The predicted octanol–water partition coefficient (Wildman–Crippen LogP) is -1.54. The highest BCUT2D eigenvalue weighted by molar-refractivity contribution is 6.38. The molecule has 0 fully saturated rings. The van der Waals surface area contributed by atoms with E-state index < -0.39 is 0 Å². The first-order chi connectivity index (χ1) is 6.83. The molecule has 0 bridgehead atoms. The van der Waals surface area contributed by atoms with Gasteiger partial charge < -0.3 is 21.4 Å². The molecule has 2 atom stereocenters.